The summed E-state index contributed by atoms with van der Waals surface area (Å²) < 4.78 is 66.3. The summed E-state index contributed by atoms with van der Waals surface area (Å²) >= 11 is 0. The van der Waals surface area contributed by atoms with Crippen LogP contribution in [-0.4, -0.2) is 26.5 Å². The standard InChI is InChI=1S/C20H27F2NO4S/c1-20-8-7-12-13(15(20)5-6-16(20)19(21)22)4-3-11-9-17(23-28(24,25)26)18(27-2)10-14(11)12/h9-10,12-13,15-16,19,23H,3-8H2,1-2H3,(H,24,25,26)/t12-,13+,15-,16+,20-/m0/s1. The summed E-state index contributed by atoms with van der Waals surface area (Å²) in [5, 5.41) is 0. The van der Waals surface area contributed by atoms with E-state index in [1.54, 1.807) is 6.07 Å². The van der Waals surface area contributed by atoms with Crippen LogP contribution in [0.5, 0.6) is 5.75 Å². The maximum Gasteiger partial charge on any atom is 0.357 e. The first kappa shape index (κ1) is 19.9. The van der Waals surface area contributed by atoms with E-state index in [4.69, 9.17) is 9.29 Å². The normalized spacial score (nSPS) is 34.5. The number of aryl methyl sites for hydroxylation is 1. The van der Waals surface area contributed by atoms with Gasteiger partial charge in [-0.1, -0.05) is 6.92 Å². The molecule has 0 amide bonds. The van der Waals surface area contributed by atoms with Crippen molar-refractivity contribution in [2.45, 2.75) is 57.8 Å². The SMILES string of the molecule is COc1cc2c(cc1NS(=O)(=O)O)CC[C@@H]1[C@@H]2CC[C@]2(C)[C@@H](C(F)F)CC[C@@H]12. The fourth-order valence-corrected chi connectivity index (χ4v) is 6.88. The number of nitrogens with one attached hydrogen (secondary N) is 1. The van der Waals surface area contributed by atoms with Crippen LogP contribution in [0.1, 0.15) is 56.1 Å². The predicted molar refractivity (Wildman–Crippen MR) is 102 cm³/mol. The number of hydrogen-bond donors (Lipinski definition) is 2. The second-order valence-electron chi connectivity index (χ2n) is 8.81. The van der Waals surface area contributed by atoms with E-state index in [2.05, 4.69) is 11.6 Å². The Bertz CT molecular complexity index is 875. The van der Waals surface area contributed by atoms with Crippen LogP contribution in [0.2, 0.25) is 0 Å². The molecule has 5 nitrogen and oxygen atoms in total. The summed E-state index contributed by atoms with van der Waals surface area (Å²) in [5.41, 5.74) is 2.11. The van der Waals surface area contributed by atoms with Crippen LogP contribution in [0.3, 0.4) is 0 Å². The zero-order valence-electron chi connectivity index (χ0n) is 16.1. The number of anilines is 1. The maximum absolute atomic E-state index is 13.6. The van der Waals surface area contributed by atoms with Crippen molar-refractivity contribution in [1.29, 1.82) is 0 Å². The Balaban J connectivity index is 1.68. The molecular formula is C20H27F2NO4S. The van der Waals surface area contributed by atoms with Crippen LogP contribution in [0, 0.1) is 23.2 Å². The molecular weight excluding hydrogens is 388 g/mol. The minimum absolute atomic E-state index is 0.224. The molecule has 0 aliphatic heterocycles. The van der Waals surface area contributed by atoms with Crippen LogP contribution in [0.15, 0.2) is 12.1 Å². The topological polar surface area (TPSA) is 75.6 Å². The van der Waals surface area contributed by atoms with E-state index in [-0.39, 0.29) is 17.0 Å². The highest BCUT2D eigenvalue weighted by atomic mass is 32.2. The van der Waals surface area contributed by atoms with Crippen molar-refractivity contribution in [3.63, 3.8) is 0 Å². The summed E-state index contributed by atoms with van der Waals surface area (Å²) in [6.07, 6.45) is 2.56. The molecule has 0 spiro atoms. The van der Waals surface area contributed by atoms with E-state index >= 15 is 0 Å². The Hall–Kier alpha value is -1.41. The molecule has 3 aliphatic rings. The molecule has 8 heteroatoms. The molecule has 1 aromatic carbocycles. The molecule has 2 N–H and O–H groups in total. The minimum atomic E-state index is -4.39. The molecule has 28 heavy (non-hydrogen) atoms. The Morgan fingerprint density at radius 3 is 2.64 bits per heavy atom. The largest absolute Gasteiger partial charge is 0.495 e. The van der Waals surface area contributed by atoms with Gasteiger partial charge in [-0.05, 0) is 85.0 Å². The first-order valence-corrected chi connectivity index (χ1v) is 11.3. The zero-order chi connectivity index (χ0) is 20.3. The summed E-state index contributed by atoms with van der Waals surface area (Å²) in [7, 11) is -2.94. The number of methoxy groups -OCH3 is 1. The molecule has 0 bridgehead atoms. The third kappa shape index (κ3) is 3.18. The second kappa shape index (κ2) is 6.83. The highest BCUT2D eigenvalue weighted by Crippen LogP contribution is 2.64. The highest BCUT2D eigenvalue weighted by Gasteiger charge is 2.56. The summed E-state index contributed by atoms with van der Waals surface area (Å²) in [5.74, 6) is 0.824. The van der Waals surface area contributed by atoms with Gasteiger partial charge < -0.3 is 4.74 Å². The molecule has 1 aromatic rings. The van der Waals surface area contributed by atoms with Gasteiger partial charge >= 0.3 is 10.3 Å². The molecule has 2 fully saturated rings. The van der Waals surface area contributed by atoms with Crippen molar-refractivity contribution in [3.05, 3.63) is 23.3 Å². The van der Waals surface area contributed by atoms with Crippen LogP contribution >= 0.6 is 0 Å². The van der Waals surface area contributed by atoms with Gasteiger partial charge in [-0.3, -0.25) is 9.27 Å². The van der Waals surface area contributed by atoms with Gasteiger partial charge in [-0.15, -0.1) is 0 Å². The van der Waals surface area contributed by atoms with Crippen LogP contribution in [0.25, 0.3) is 0 Å². The molecule has 0 unspecified atom stereocenters. The van der Waals surface area contributed by atoms with Gasteiger partial charge in [-0.25, -0.2) is 8.78 Å². The number of benzene rings is 1. The van der Waals surface area contributed by atoms with Crippen molar-refractivity contribution < 1.29 is 26.5 Å². The van der Waals surface area contributed by atoms with E-state index in [0.717, 1.165) is 43.2 Å². The number of rotatable bonds is 4. The monoisotopic (exact) mass is 415 g/mol. The Labute approximate surface area is 164 Å². The Kier molecular flexibility index (Phi) is 4.85. The lowest BCUT2D eigenvalue weighted by Crippen LogP contribution is -2.43. The first-order chi connectivity index (χ1) is 13.1. The number of fused-ring (bicyclic) bond motifs is 5. The molecule has 0 aromatic heterocycles. The van der Waals surface area contributed by atoms with E-state index < -0.39 is 22.6 Å². The van der Waals surface area contributed by atoms with Gasteiger partial charge in [0, 0.05) is 5.92 Å². The van der Waals surface area contributed by atoms with Gasteiger partial charge in [0.25, 0.3) is 0 Å². The maximum atomic E-state index is 13.6. The minimum Gasteiger partial charge on any atom is -0.495 e. The fourth-order valence-electron chi connectivity index (χ4n) is 6.44. The number of hydrogen-bond acceptors (Lipinski definition) is 3. The van der Waals surface area contributed by atoms with E-state index in [1.165, 1.54) is 7.11 Å². The van der Waals surface area contributed by atoms with Crippen LogP contribution in [-0.2, 0) is 16.7 Å². The smallest absolute Gasteiger partial charge is 0.357 e. The Morgan fingerprint density at radius 1 is 1.25 bits per heavy atom. The molecule has 156 valence electrons. The molecule has 0 heterocycles. The number of ether oxygens (including phenoxy) is 1. The highest BCUT2D eigenvalue weighted by molar-refractivity contribution is 7.87. The van der Waals surface area contributed by atoms with Crippen LogP contribution in [0.4, 0.5) is 14.5 Å². The lowest BCUT2D eigenvalue weighted by Gasteiger charge is -2.51. The fraction of sp³-hybridized carbons (Fsp3) is 0.700. The van der Waals surface area contributed by atoms with Gasteiger partial charge in [0.1, 0.15) is 5.75 Å². The van der Waals surface area contributed by atoms with Crippen molar-refractivity contribution in [3.8, 4) is 5.75 Å². The number of alkyl halides is 2. The van der Waals surface area contributed by atoms with Gasteiger partial charge in [0.05, 0.1) is 12.8 Å². The van der Waals surface area contributed by atoms with Crippen molar-refractivity contribution in [1.82, 2.24) is 0 Å². The van der Waals surface area contributed by atoms with E-state index in [9.17, 15) is 17.2 Å². The third-order valence-electron chi connectivity index (χ3n) is 7.66. The Morgan fingerprint density at radius 2 is 2.00 bits per heavy atom. The predicted octanol–water partition coefficient (Wildman–Crippen LogP) is 4.65. The summed E-state index contributed by atoms with van der Waals surface area (Å²) in [6, 6.07) is 3.60. The molecule has 3 aliphatic carbocycles. The average Bonchev–Trinajstić information content (AvgIpc) is 2.97. The van der Waals surface area contributed by atoms with E-state index in [0.29, 0.717) is 24.0 Å². The van der Waals surface area contributed by atoms with Crippen molar-refractivity contribution >= 4 is 16.0 Å². The summed E-state index contributed by atoms with van der Waals surface area (Å²) in [6.45, 7) is 2.06. The average molecular weight is 416 g/mol. The van der Waals surface area contributed by atoms with Crippen molar-refractivity contribution in [2.75, 3.05) is 11.8 Å². The zero-order valence-corrected chi connectivity index (χ0v) is 16.9. The van der Waals surface area contributed by atoms with Gasteiger partial charge in [0.15, 0.2) is 0 Å². The molecule has 0 radical (unpaired) electrons. The lowest BCUT2D eigenvalue weighted by atomic mass is 9.54. The molecule has 2 saturated carbocycles. The summed E-state index contributed by atoms with van der Waals surface area (Å²) in [4.78, 5) is 0. The second-order valence-corrected chi connectivity index (χ2v) is 9.96. The van der Waals surface area contributed by atoms with Crippen LogP contribution < -0.4 is 9.46 Å². The molecule has 5 atom stereocenters. The molecule has 0 saturated heterocycles. The van der Waals surface area contributed by atoms with Crippen molar-refractivity contribution in [2.24, 2.45) is 23.2 Å². The van der Waals surface area contributed by atoms with Gasteiger partial charge in [0.2, 0.25) is 6.43 Å². The first-order valence-electron chi connectivity index (χ1n) is 9.88. The third-order valence-corrected chi connectivity index (χ3v) is 8.14. The number of halogens is 2. The lowest BCUT2D eigenvalue weighted by molar-refractivity contribution is -0.0390. The quantitative estimate of drug-likeness (QED) is 0.702. The molecule has 4 rings (SSSR count). The van der Waals surface area contributed by atoms with E-state index in [1.807, 2.05) is 6.07 Å². The van der Waals surface area contributed by atoms with Gasteiger partial charge in [-0.2, -0.15) is 8.42 Å².